The van der Waals surface area contributed by atoms with E-state index < -0.39 is 41.7 Å². The molecule has 1 aromatic carbocycles. The van der Waals surface area contributed by atoms with Crippen molar-refractivity contribution in [1.29, 1.82) is 0 Å². The van der Waals surface area contributed by atoms with E-state index in [-0.39, 0.29) is 17.5 Å². The van der Waals surface area contributed by atoms with E-state index in [0.717, 1.165) is 5.56 Å². The van der Waals surface area contributed by atoms with E-state index in [1.807, 2.05) is 12.1 Å². The van der Waals surface area contributed by atoms with Gasteiger partial charge in [0.15, 0.2) is 5.76 Å². The van der Waals surface area contributed by atoms with Crippen LogP contribution in [0.15, 0.2) is 47.1 Å². The van der Waals surface area contributed by atoms with Gasteiger partial charge in [-0.2, -0.15) is 5.10 Å². The minimum Gasteiger partial charge on any atom is -0.454 e. The van der Waals surface area contributed by atoms with Gasteiger partial charge in [-0.3, -0.25) is 14.8 Å². The van der Waals surface area contributed by atoms with E-state index in [0.29, 0.717) is 16.2 Å². The van der Waals surface area contributed by atoms with Crippen molar-refractivity contribution in [2.24, 2.45) is 0 Å². The maximum absolute atomic E-state index is 13.3. The van der Waals surface area contributed by atoms with Crippen LogP contribution < -0.4 is 5.32 Å². The van der Waals surface area contributed by atoms with Gasteiger partial charge in [-0.25, -0.2) is 27.2 Å². The summed E-state index contributed by atoms with van der Waals surface area (Å²) < 4.78 is 60.0. The predicted molar refractivity (Wildman–Crippen MR) is 113 cm³/mol. The zero-order chi connectivity index (χ0) is 24.4. The Morgan fingerprint density at radius 2 is 1.74 bits per heavy atom. The van der Waals surface area contributed by atoms with E-state index in [1.165, 1.54) is 23.1 Å². The highest BCUT2D eigenvalue weighted by atomic mass is 35.5. The number of carbonyl (C=O) groups excluding carboxylic acids is 1. The average molecular weight is 517 g/mol. The molecule has 0 aliphatic carbocycles. The molecule has 0 aliphatic rings. The van der Waals surface area contributed by atoms with Crippen LogP contribution in [0.3, 0.4) is 0 Å². The summed E-state index contributed by atoms with van der Waals surface area (Å²) in [5, 5.41) is 9.84. The first-order valence-corrected chi connectivity index (χ1v) is 10.3. The lowest BCUT2D eigenvalue weighted by atomic mass is 10.2. The monoisotopic (exact) mass is 516 g/mol. The van der Waals surface area contributed by atoms with Crippen LogP contribution in [0.2, 0.25) is 10.0 Å². The summed E-state index contributed by atoms with van der Waals surface area (Å²) in [6.45, 7) is -0.0438. The molecule has 4 aromatic rings. The Hall–Kier alpha value is -3.38. The standard InChI is InChI=1S/C20H14Cl2F4N6O2/c21-11-3-1-10(2-4-11)7-31-9-27-20(30-31)28-19(33)13-6-5-12(34-13)8-32-16(18(25)26)14(22)15(29-32)17(23)24/h1-6,9,17-18H,7-8H2,(H,28,30,33). The number of hydrogen-bond acceptors (Lipinski definition) is 5. The molecule has 3 heterocycles. The van der Waals surface area contributed by atoms with Crippen molar-refractivity contribution in [3.63, 3.8) is 0 Å². The van der Waals surface area contributed by atoms with Crippen molar-refractivity contribution in [3.05, 3.63) is 81.2 Å². The van der Waals surface area contributed by atoms with Gasteiger partial charge in [0.05, 0.1) is 18.1 Å². The number of furan rings is 1. The number of rotatable bonds is 8. The molecule has 0 fully saturated rings. The molecule has 0 unspecified atom stereocenters. The number of alkyl halides is 4. The third-order valence-electron chi connectivity index (χ3n) is 4.58. The Bertz CT molecular complexity index is 1300. The van der Waals surface area contributed by atoms with Gasteiger partial charge in [0.1, 0.15) is 23.5 Å². The molecule has 34 heavy (non-hydrogen) atoms. The van der Waals surface area contributed by atoms with Crippen LogP contribution in [0.4, 0.5) is 23.5 Å². The summed E-state index contributed by atoms with van der Waals surface area (Å²) in [7, 11) is 0. The molecule has 14 heteroatoms. The molecule has 3 aromatic heterocycles. The van der Waals surface area contributed by atoms with Crippen molar-refractivity contribution in [1.82, 2.24) is 24.5 Å². The third-order valence-corrected chi connectivity index (χ3v) is 5.22. The summed E-state index contributed by atoms with van der Waals surface area (Å²) >= 11 is 11.5. The molecule has 0 bridgehead atoms. The second kappa shape index (κ2) is 9.85. The summed E-state index contributed by atoms with van der Waals surface area (Å²) in [4.78, 5) is 16.4. The fourth-order valence-corrected chi connectivity index (χ4v) is 3.47. The predicted octanol–water partition coefficient (Wildman–Crippen LogP) is 5.60. The minimum absolute atomic E-state index is 0.0114. The number of anilines is 1. The molecule has 0 spiro atoms. The molecular weight excluding hydrogens is 503 g/mol. The smallest absolute Gasteiger partial charge is 0.293 e. The van der Waals surface area contributed by atoms with Gasteiger partial charge in [0.25, 0.3) is 18.8 Å². The summed E-state index contributed by atoms with van der Waals surface area (Å²) in [6.07, 6.45) is -4.85. The Labute approximate surface area is 199 Å². The second-order valence-electron chi connectivity index (χ2n) is 6.96. The van der Waals surface area contributed by atoms with E-state index in [4.69, 9.17) is 27.6 Å². The largest absolute Gasteiger partial charge is 0.454 e. The molecule has 0 saturated heterocycles. The molecule has 178 valence electrons. The number of nitrogens with one attached hydrogen (secondary N) is 1. The van der Waals surface area contributed by atoms with Gasteiger partial charge >= 0.3 is 0 Å². The first-order valence-electron chi connectivity index (χ1n) is 9.57. The first kappa shape index (κ1) is 23.8. The van der Waals surface area contributed by atoms with E-state index in [1.54, 1.807) is 12.1 Å². The highest BCUT2D eigenvalue weighted by Crippen LogP contribution is 2.35. The number of carbonyl (C=O) groups is 1. The van der Waals surface area contributed by atoms with E-state index >= 15 is 0 Å². The van der Waals surface area contributed by atoms with Gasteiger partial charge in [-0.05, 0) is 29.8 Å². The van der Waals surface area contributed by atoms with Crippen molar-refractivity contribution in [3.8, 4) is 0 Å². The summed E-state index contributed by atoms with van der Waals surface area (Å²) in [6, 6.07) is 9.73. The van der Waals surface area contributed by atoms with Crippen molar-refractivity contribution >= 4 is 35.1 Å². The molecular formula is C20H14Cl2F4N6O2. The van der Waals surface area contributed by atoms with Crippen LogP contribution >= 0.6 is 23.2 Å². The maximum Gasteiger partial charge on any atom is 0.293 e. The summed E-state index contributed by atoms with van der Waals surface area (Å²) in [5.41, 5.74) is -0.906. The average Bonchev–Trinajstić information content (AvgIpc) is 3.49. The first-order chi connectivity index (χ1) is 16.2. The third kappa shape index (κ3) is 5.23. The molecule has 4 rings (SSSR count). The summed E-state index contributed by atoms with van der Waals surface area (Å²) in [5.74, 6) is -0.836. The Morgan fingerprint density at radius 1 is 1.00 bits per heavy atom. The molecule has 0 atom stereocenters. The van der Waals surface area contributed by atoms with Gasteiger partial charge in [0, 0.05) is 5.02 Å². The molecule has 0 aliphatic heterocycles. The van der Waals surface area contributed by atoms with Crippen LogP contribution in [0, 0.1) is 0 Å². The number of benzene rings is 1. The van der Waals surface area contributed by atoms with Gasteiger partial charge in [0.2, 0.25) is 5.95 Å². The van der Waals surface area contributed by atoms with Gasteiger partial charge in [-0.15, -0.1) is 5.10 Å². The number of hydrogen-bond donors (Lipinski definition) is 1. The van der Waals surface area contributed by atoms with Crippen molar-refractivity contribution in [2.45, 2.75) is 25.9 Å². The second-order valence-corrected chi connectivity index (χ2v) is 7.77. The molecule has 0 radical (unpaired) electrons. The zero-order valence-corrected chi connectivity index (χ0v) is 18.4. The minimum atomic E-state index is -3.14. The van der Waals surface area contributed by atoms with E-state index in [9.17, 15) is 22.4 Å². The van der Waals surface area contributed by atoms with Crippen LogP contribution in [-0.2, 0) is 13.1 Å². The lowest BCUT2D eigenvalue weighted by molar-refractivity contribution is 0.0993. The highest BCUT2D eigenvalue weighted by Gasteiger charge is 2.28. The van der Waals surface area contributed by atoms with Crippen LogP contribution in [0.5, 0.6) is 0 Å². The Kier molecular flexibility index (Phi) is 6.89. The Morgan fingerprint density at radius 3 is 2.41 bits per heavy atom. The SMILES string of the molecule is O=C(Nc1ncn(Cc2ccc(Cl)cc2)n1)c1ccc(Cn2nc(C(F)F)c(Cl)c2C(F)F)o1. The number of amides is 1. The number of aromatic nitrogens is 5. The van der Waals surface area contributed by atoms with Crippen molar-refractivity contribution in [2.75, 3.05) is 5.32 Å². The highest BCUT2D eigenvalue weighted by molar-refractivity contribution is 6.32. The topological polar surface area (TPSA) is 90.8 Å². The lowest BCUT2D eigenvalue weighted by Gasteiger charge is -2.05. The van der Waals surface area contributed by atoms with Crippen LogP contribution in [0.25, 0.3) is 0 Å². The molecule has 1 amide bonds. The normalized spacial score (nSPS) is 11.5. The fourth-order valence-electron chi connectivity index (χ4n) is 3.04. The lowest BCUT2D eigenvalue weighted by Crippen LogP contribution is -2.13. The van der Waals surface area contributed by atoms with Gasteiger partial charge < -0.3 is 4.42 Å². The van der Waals surface area contributed by atoms with Gasteiger partial charge in [-0.1, -0.05) is 35.3 Å². The molecule has 8 nitrogen and oxygen atoms in total. The Balaban J connectivity index is 1.43. The zero-order valence-electron chi connectivity index (χ0n) is 16.9. The van der Waals surface area contributed by atoms with Crippen molar-refractivity contribution < 1.29 is 26.8 Å². The van der Waals surface area contributed by atoms with E-state index in [2.05, 4.69) is 20.5 Å². The molecule has 1 N–H and O–H groups in total. The fraction of sp³-hybridized carbons (Fsp3) is 0.200. The van der Waals surface area contributed by atoms with Crippen LogP contribution in [0.1, 0.15) is 46.1 Å². The van der Waals surface area contributed by atoms with Crippen LogP contribution in [-0.4, -0.2) is 30.5 Å². The molecule has 0 saturated carbocycles. The number of nitrogens with zero attached hydrogens (tertiary/aromatic N) is 5. The quantitative estimate of drug-likeness (QED) is 0.308. The number of halogens is 6. The maximum atomic E-state index is 13.3.